The van der Waals surface area contributed by atoms with E-state index in [0.29, 0.717) is 17.2 Å². The normalized spacial score (nSPS) is 11.2. The summed E-state index contributed by atoms with van der Waals surface area (Å²) in [7, 11) is 0. The molecule has 2 aromatic carbocycles. The summed E-state index contributed by atoms with van der Waals surface area (Å²) in [6.45, 7) is 0. The summed E-state index contributed by atoms with van der Waals surface area (Å²) in [6, 6.07) is 15.6. The van der Waals surface area contributed by atoms with E-state index in [2.05, 4.69) is 25.4 Å². The van der Waals surface area contributed by atoms with Gasteiger partial charge in [0.05, 0.1) is 0 Å². The number of fused-ring (bicyclic) bond motifs is 2. The number of nitrogens with one attached hydrogen (secondary N) is 1. The minimum absolute atomic E-state index is 0.490. The van der Waals surface area contributed by atoms with Crippen molar-refractivity contribution in [2.24, 2.45) is 0 Å². The second-order valence-corrected chi connectivity index (χ2v) is 5.51. The molecule has 120 valence electrons. The van der Waals surface area contributed by atoms with Gasteiger partial charge in [-0.25, -0.2) is 9.50 Å². The van der Waals surface area contributed by atoms with Gasteiger partial charge in [0.15, 0.2) is 17.6 Å². The van der Waals surface area contributed by atoms with E-state index >= 15 is 0 Å². The van der Waals surface area contributed by atoms with Crippen LogP contribution < -0.4 is 5.32 Å². The van der Waals surface area contributed by atoms with Crippen LogP contribution in [-0.4, -0.2) is 24.6 Å². The van der Waals surface area contributed by atoms with Crippen LogP contribution in [0.15, 0.2) is 71.7 Å². The predicted molar refractivity (Wildman–Crippen MR) is 93.5 cm³/mol. The number of aromatic nitrogens is 5. The maximum Gasteiger partial charge on any atom is 0.247 e. The van der Waals surface area contributed by atoms with Crippen molar-refractivity contribution in [3.05, 3.63) is 67.3 Å². The van der Waals surface area contributed by atoms with Gasteiger partial charge in [-0.1, -0.05) is 30.3 Å². The van der Waals surface area contributed by atoms with Gasteiger partial charge in [-0.3, -0.25) is 4.98 Å². The minimum atomic E-state index is 0.490. The Hall–Kier alpha value is -3.74. The summed E-state index contributed by atoms with van der Waals surface area (Å²) in [4.78, 5) is 13.1. The molecule has 0 radical (unpaired) electrons. The molecule has 0 spiro atoms. The zero-order valence-corrected chi connectivity index (χ0v) is 13.0. The first-order chi connectivity index (χ1) is 12.4. The molecule has 25 heavy (non-hydrogen) atoms. The summed E-state index contributed by atoms with van der Waals surface area (Å²) >= 11 is 0. The lowest BCUT2D eigenvalue weighted by Crippen LogP contribution is -1.93. The van der Waals surface area contributed by atoms with Crippen molar-refractivity contribution in [3.8, 4) is 11.3 Å². The van der Waals surface area contributed by atoms with Gasteiger partial charge in [0.25, 0.3) is 0 Å². The molecule has 3 heterocycles. The third-order valence-electron chi connectivity index (χ3n) is 3.89. The summed E-state index contributed by atoms with van der Waals surface area (Å²) in [5.74, 6) is 0.490. The largest absolute Gasteiger partial charge is 0.443 e. The molecule has 5 aromatic rings. The quantitative estimate of drug-likeness (QED) is 0.544. The predicted octanol–water partition coefficient (Wildman–Crippen LogP) is 3.68. The zero-order valence-electron chi connectivity index (χ0n) is 13.0. The maximum absolute atomic E-state index is 5.32. The van der Waals surface area contributed by atoms with E-state index in [1.807, 2.05) is 48.5 Å². The highest BCUT2D eigenvalue weighted by molar-refractivity contribution is 5.78. The Morgan fingerprint density at radius 1 is 1.00 bits per heavy atom. The monoisotopic (exact) mass is 328 g/mol. The second-order valence-electron chi connectivity index (χ2n) is 5.51. The van der Waals surface area contributed by atoms with E-state index in [-0.39, 0.29) is 0 Å². The fourth-order valence-corrected chi connectivity index (χ4v) is 2.73. The lowest BCUT2D eigenvalue weighted by Gasteiger charge is -2.00. The first kappa shape index (κ1) is 13.7. The summed E-state index contributed by atoms with van der Waals surface area (Å²) in [6.07, 6.45) is 4.92. The third kappa shape index (κ3) is 2.38. The minimum Gasteiger partial charge on any atom is -0.443 e. The molecule has 5 rings (SSSR count). The van der Waals surface area contributed by atoms with Gasteiger partial charge in [0.1, 0.15) is 11.2 Å². The molecule has 0 aliphatic rings. The van der Waals surface area contributed by atoms with E-state index in [1.165, 1.54) is 6.39 Å². The van der Waals surface area contributed by atoms with Gasteiger partial charge in [-0.05, 0) is 12.1 Å². The van der Waals surface area contributed by atoms with Crippen molar-refractivity contribution >= 4 is 28.4 Å². The average molecular weight is 328 g/mol. The Balaban J connectivity index is 1.56. The van der Waals surface area contributed by atoms with Crippen molar-refractivity contribution < 1.29 is 4.42 Å². The molecule has 0 bridgehead atoms. The lowest BCUT2D eigenvalue weighted by atomic mass is 10.1. The van der Waals surface area contributed by atoms with Gasteiger partial charge >= 0.3 is 0 Å². The Morgan fingerprint density at radius 3 is 2.84 bits per heavy atom. The Morgan fingerprint density at radius 2 is 1.92 bits per heavy atom. The van der Waals surface area contributed by atoms with Crippen LogP contribution in [0.1, 0.15) is 0 Å². The second kappa shape index (κ2) is 5.41. The smallest absolute Gasteiger partial charge is 0.247 e. The summed E-state index contributed by atoms with van der Waals surface area (Å²) in [5.41, 5.74) is 4.82. The lowest BCUT2D eigenvalue weighted by molar-refractivity contribution is 0.602. The van der Waals surface area contributed by atoms with Crippen molar-refractivity contribution in [3.63, 3.8) is 0 Å². The molecular formula is C18H12N6O. The van der Waals surface area contributed by atoms with E-state index in [1.54, 1.807) is 16.9 Å². The van der Waals surface area contributed by atoms with Crippen LogP contribution in [0.4, 0.5) is 11.6 Å². The van der Waals surface area contributed by atoms with Crippen LogP contribution in [0.2, 0.25) is 0 Å². The standard InChI is InChI=1S/C18H12N6O/c1-2-4-12(5-3-1)16-17-22-18(23-24(17)9-8-19-16)21-13-6-7-14-15(10-13)25-11-20-14/h1-11H,(H,21,23). The van der Waals surface area contributed by atoms with Gasteiger partial charge < -0.3 is 9.73 Å². The van der Waals surface area contributed by atoms with Gasteiger partial charge in [0, 0.05) is 29.7 Å². The Bertz CT molecular complexity index is 1180. The van der Waals surface area contributed by atoms with Crippen molar-refractivity contribution in [1.82, 2.24) is 24.6 Å². The van der Waals surface area contributed by atoms with E-state index in [9.17, 15) is 0 Å². The Labute approximate surface area is 142 Å². The molecular weight excluding hydrogens is 316 g/mol. The summed E-state index contributed by atoms with van der Waals surface area (Å²) < 4.78 is 7.04. The number of oxazole rings is 1. The molecule has 1 N–H and O–H groups in total. The molecule has 0 fully saturated rings. The maximum atomic E-state index is 5.32. The van der Waals surface area contributed by atoms with Crippen LogP contribution >= 0.6 is 0 Å². The molecule has 7 heteroatoms. The highest BCUT2D eigenvalue weighted by Crippen LogP contribution is 2.24. The number of anilines is 2. The van der Waals surface area contributed by atoms with Crippen molar-refractivity contribution in [2.45, 2.75) is 0 Å². The molecule has 0 unspecified atom stereocenters. The van der Waals surface area contributed by atoms with Crippen LogP contribution in [0.5, 0.6) is 0 Å². The van der Waals surface area contributed by atoms with Crippen LogP contribution in [-0.2, 0) is 0 Å². The SMILES string of the molecule is c1ccc(-c2nccn3nc(Nc4ccc5ncoc5c4)nc23)cc1. The Kier molecular flexibility index (Phi) is 2.96. The molecule has 0 atom stereocenters. The van der Waals surface area contributed by atoms with Crippen molar-refractivity contribution in [1.29, 1.82) is 0 Å². The molecule has 0 aliphatic heterocycles. The fourth-order valence-electron chi connectivity index (χ4n) is 2.73. The van der Waals surface area contributed by atoms with Crippen LogP contribution in [0.3, 0.4) is 0 Å². The first-order valence-electron chi connectivity index (χ1n) is 7.74. The van der Waals surface area contributed by atoms with E-state index in [0.717, 1.165) is 22.5 Å². The highest BCUT2D eigenvalue weighted by atomic mass is 16.3. The van der Waals surface area contributed by atoms with Gasteiger partial charge in [-0.2, -0.15) is 4.98 Å². The number of nitrogens with zero attached hydrogens (tertiary/aromatic N) is 5. The number of hydrogen-bond acceptors (Lipinski definition) is 6. The molecule has 0 saturated carbocycles. The number of rotatable bonds is 3. The van der Waals surface area contributed by atoms with Gasteiger partial charge in [0.2, 0.25) is 5.95 Å². The zero-order chi connectivity index (χ0) is 16.6. The molecule has 0 saturated heterocycles. The van der Waals surface area contributed by atoms with Gasteiger partial charge in [-0.15, -0.1) is 5.10 Å². The van der Waals surface area contributed by atoms with E-state index in [4.69, 9.17) is 4.42 Å². The number of benzene rings is 2. The number of hydrogen-bond donors (Lipinski definition) is 1. The van der Waals surface area contributed by atoms with Crippen LogP contribution in [0, 0.1) is 0 Å². The molecule has 7 nitrogen and oxygen atoms in total. The average Bonchev–Trinajstić information content (AvgIpc) is 3.27. The van der Waals surface area contributed by atoms with Crippen molar-refractivity contribution in [2.75, 3.05) is 5.32 Å². The van der Waals surface area contributed by atoms with E-state index < -0.39 is 0 Å². The third-order valence-corrected chi connectivity index (χ3v) is 3.89. The topological polar surface area (TPSA) is 81.1 Å². The highest BCUT2D eigenvalue weighted by Gasteiger charge is 2.11. The molecule has 0 aliphatic carbocycles. The molecule has 3 aromatic heterocycles. The fraction of sp³-hybridized carbons (Fsp3) is 0. The first-order valence-corrected chi connectivity index (χ1v) is 7.74. The van der Waals surface area contributed by atoms with Crippen LogP contribution in [0.25, 0.3) is 28.0 Å². The molecule has 0 amide bonds. The summed E-state index contributed by atoms with van der Waals surface area (Å²) in [5, 5.41) is 7.67.